The van der Waals surface area contributed by atoms with Gasteiger partial charge in [-0.15, -0.1) is 0 Å². The minimum Gasteiger partial charge on any atom is -0.390 e. The highest BCUT2D eigenvalue weighted by Gasteiger charge is 2.77. The van der Waals surface area contributed by atoms with Crippen LogP contribution in [0, 0.1) is 16.7 Å². The lowest BCUT2D eigenvalue weighted by Gasteiger charge is -2.44. The summed E-state index contributed by atoms with van der Waals surface area (Å²) in [6.07, 6.45) is 3.79. The van der Waals surface area contributed by atoms with Crippen molar-refractivity contribution in [3.05, 3.63) is 0 Å². The van der Waals surface area contributed by atoms with E-state index in [4.69, 9.17) is 9.84 Å². The number of alkyl halides is 2. The van der Waals surface area contributed by atoms with E-state index in [-0.39, 0.29) is 24.6 Å². The van der Waals surface area contributed by atoms with Crippen LogP contribution in [0.2, 0.25) is 0 Å². The van der Waals surface area contributed by atoms with E-state index in [9.17, 15) is 18.4 Å². The molecular weight excluding hydrogens is 334 g/mol. The third-order valence-electron chi connectivity index (χ3n) is 6.03. The van der Waals surface area contributed by atoms with E-state index in [1.807, 2.05) is 0 Å². The molecule has 1 saturated heterocycles. The molecule has 0 aromatic heterocycles. The van der Waals surface area contributed by atoms with Crippen molar-refractivity contribution < 1.29 is 28.2 Å². The molecule has 2 atom stereocenters. The molecule has 142 valence electrons. The van der Waals surface area contributed by atoms with Crippen LogP contribution in [0.4, 0.5) is 8.78 Å². The number of hydrogen-bond acceptors (Lipinski definition) is 4. The number of rotatable bonds is 7. The fraction of sp³-hybridized carbons (Fsp3) is 0.882. The molecule has 25 heavy (non-hydrogen) atoms. The maximum atomic E-state index is 13.1. The number of amides is 2. The maximum Gasteiger partial charge on any atom is 0.346 e. The zero-order valence-electron chi connectivity index (χ0n) is 14.7. The van der Waals surface area contributed by atoms with Crippen molar-refractivity contribution >= 4 is 11.8 Å². The van der Waals surface area contributed by atoms with Crippen LogP contribution in [-0.4, -0.2) is 54.7 Å². The second kappa shape index (κ2) is 5.87. The topological polar surface area (TPSA) is 87.7 Å². The van der Waals surface area contributed by atoms with Gasteiger partial charge < -0.3 is 20.5 Å². The van der Waals surface area contributed by atoms with Crippen molar-refractivity contribution in [1.82, 2.24) is 10.6 Å². The predicted octanol–water partition coefficient (Wildman–Crippen LogP) is 0.832. The van der Waals surface area contributed by atoms with Crippen LogP contribution in [0.15, 0.2) is 0 Å². The van der Waals surface area contributed by atoms with Gasteiger partial charge in [-0.3, -0.25) is 9.59 Å². The first-order valence-electron chi connectivity index (χ1n) is 8.78. The minimum atomic E-state index is -3.79. The number of fused-ring (bicyclic) bond motifs is 2. The normalized spacial score (nSPS) is 29.7. The molecule has 0 aromatic rings. The molecule has 0 unspecified atom stereocenters. The number of aliphatic hydroxyl groups is 1. The molecule has 3 fully saturated rings. The van der Waals surface area contributed by atoms with Gasteiger partial charge in [0.15, 0.2) is 0 Å². The Labute approximate surface area is 145 Å². The largest absolute Gasteiger partial charge is 0.390 e. The van der Waals surface area contributed by atoms with Crippen LogP contribution in [0.5, 0.6) is 0 Å². The molecule has 3 aliphatic rings. The van der Waals surface area contributed by atoms with Gasteiger partial charge in [-0.1, -0.05) is 13.8 Å². The van der Waals surface area contributed by atoms with E-state index in [1.165, 1.54) is 0 Å². The number of hydrogen-bond donors (Lipinski definition) is 3. The summed E-state index contributed by atoms with van der Waals surface area (Å²) >= 11 is 0. The third-order valence-corrected chi connectivity index (χ3v) is 6.03. The lowest BCUT2D eigenvalue weighted by atomic mass is 9.68. The van der Waals surface area contributed by atoms with Gasteiger partial charge in [0.1, 0.15) is 6.61 Å². The van der Waals surface area contributed by atoms with Gasteiger partial charge in [0.2, 0.25) is 5.91 Å². The molecule has 0 radical (unpaired) electrons. The Morgan fingerprint density at radius 2 is 1.88 bits per heavy atom. The zero-order valence-corrected chi connectivity index (χ0v) is 14.7. The quantitative estimate of drug-likeness (QED) is 0.628. The molecule has 1 spiro atoms. The second-order valence-corrected chi connectivity index (χ2v) is 8.42. The Balaban J connectivity index is 1.51. The predicted molar refractivity (Wildman–Crippen MR) is 84.9 cm³/mol. The average Bonchev–Trinajstić information content (AvgIpc) is 3.17. The number of aliphatic hydroxyl groups excluding tert-OH is 1. The standard InChI is InChI=1S/C17H26F2N2O4/c1-14(2,9-21-13(24)17(18,19)10-22)8-20-12(23)16-6-11(16)7-25-15(16)4-3-5-15/h11,22H,3-10H2,1-2H3,(H,20,23)(H,21,24)/t11-,16-/m0/s1. The Hall–Kier alpha value is -1.28. The highest BCUT2D eigenvalue weighted by Crippen LogP contribution is 2.71. The molecule has 2 saturated carbocycles. The minimum absolute atomic E-state index is 0.0187. The summed E-state index contributed by atoms with van der Waals surface area (Å²) in [5.41, 5.74) is -1.29. The molecular formula is C17H26F2N2O4. The lowest BCUT2D eigenvalue weighted by Crippen LogP contribution is -2.54. The number of carbonyl (C=O) groups excluding carboxylic acids is 2. The number of nitrogens with one attached hydrogen (secondary N) is 2. The molecule has 1 heterocycles. The molecule has 0 bridgehead atoms. The summed E-state index contributed by atoms with van der Waals surface area (Å²) < 4.78 is 32.1. The third kappa shape index (κ3) is 2.93. The van der Waals surface area contributed by atoms with Crippen molar-refractivity contribution in [2.24, 2.45) is 16.7 Å². The summed E-state index contributed by atoms with van der Waals surface area (Å²) in [5, 5.41) is 13.6. The van der Waals surface area contributed by atoms with Crippen LogP contribution < -0.4 is 10.6 Å². The zero-order chi connectivity index (χ0) is 18.5. The number of halogens is 2. The van der Waals surface area contributed by atoms with Gasteiger partial charge in [0.25, 0.3) is 5.91 Å². The SMILES string of the molecule is CC(C)(CNC(=O)C(F)(F)CO)CNC(=O)[C@]12C[C@H]1COC21CCC1. The van der Waals surface area contributed by atoms with Crippen LogP contribution in [0.25, 0.3) is 0 Å². The summed E-state index contributed by atoms with van der Waals surface area (Å²) in [6, 6.07) is 0. The molecule has 8 heteroatoms. The molecule has 3 rings (SSSR count). The van der Waals surface area contributed by atoms with E-state index in [2.05, 4.69) is 10.6 Å². The van der Waals surface area contributed by atoms with Gasteiger partial charge in [0, 0.05) is 19.0 Å². The summed E-state index contributed by atoms with van der Waals surface area (Å²) in [4.78, 5) is 24.1. The summed E-state index contributed by atoms with van der Waals surface area (Å²) in [6.45, 7) is 2.90. The van der Waals surface area contributed by atoms with Gasteiger partial charge in [-0.25, -0.2) is 0 Å². The summed E-state index contributed by atoms with van der Waals surface area (Å²) in [5.74, 6) is -5.03. The molecule has 2 amide bonds. The number of carbonyl (C=O) groups is 2. The molecule has 2 aliphatic carbocycles. The van der Waals surface area contributed by atoms with Crippen LogP contribution >= 0.6 is 0 Å². The van der Waals surface area contributed by atoms with Gasteiger partial charge in [-0.05, 0) is 31.1 Å². The second-order valence-electron chi connectivity index (χ2n) is 8.42. The van der Waals surface area contributed by atoms with E-state index >= 15 is 0 Å². The van der Waals surface area contributed by atoms with E-state index in [0.29, 0.717) is 12.5 Å². The Kier molecular flexibility index (Phi) is 4.35. The van der Waals surface area contributed by atoms with Gasteiger partial charge in [-0.2, -0.15) is 8.78 Å². The Morgan fingerprint density at radius 1 is 1.24 bits per heavy atom. The Bertz CT molecular complexity index is 577. The van der Waals surface area contributed by atoms with E-state index in [1.54, 1.807) is 13.8 Å². The first-order chi connectivity index (χ1) is 11.6. The number of ether oxygens (including phenoxy) is 1. The molecule has 6 nitrogen and oxygen atoms in total. The summed E-state index contributed by atoms with van der Waals surface area (Å²) in [7, 11) is 0. The van der Waals surface area contributed by atoms with E-state index in [0.717, 1.165) is 25.7 Å². The van der Waals surface area contributed by atoms with E-state index < -0.39 is 29.3 Å². The maximum absolute atomic E-state index is 13.1. The van der Waals surface area contributed by atoms with Crippen molar-refractivity contribution in [1.29, 1.82) is 0 Å². The fourth-order valence-corrected chi connectivity index (χ4v) is 4.11. The highest BCUT2D eigenvalue weighted by molar-refractivity contribution is 5.88. The van der Waals surface area contributed by atoms with Crippen molar-refractivity contribution in [3.63, 3.8) is 0 Å². The van der Waals surface area contributed by atoms with Crippen LogP contribution in [0.1, 0.15) is 39.5 Å². The van der Waals surface area contributed by atoms with Gasteiger partial charge in [0.05, 0.1) is 17.6 Å². The van der Waals surface area contributed by atoms with Crippen molar-refractivity contribution in [3.8, 4) is 0 Å². The lowest BCUT2D eigenvalue weighted by molar-refractivity contribution is -0.151. The first-order valence-corrected chi connectivity index (χ1v) is 8.78. The van der Waals surface area contributed by atoms with Crippen LogP contribution in [-0.2, 0) is 14.3 Å². The smallest absolute Gasteiger partial charge is 0.346 e. The average molecular weight is 360 g/mol. The van der Waals surface area contributed by atoms with Crippen LogP contribution in [0.3, 0.4) is 0 Å². The fourth-order valence-electron chi connectivity index (χ4n) is 4.11. The monoisotopic (exact) mass is 360 g/mol. The molecule has 1 aliphatic heterocycles. The van der Waals surface area contributed by atoms with Gasteiger partial charge >= 0.3 is 5.92 Å². The first kappa shape index (κ1) is 18.5. The molecule has 0 aromatic carbocycles. The Morgan fingerprint density at radius 3 is 2.40 bits per heavy atom. The highest BCUT2D eigenvalue weighted by atomic mass is 19.3. The molecule has 3 N–H and O–H groups in total. The van der Waals surface area contributed by atoms with Crippen molar-refractivity contribution in [2.75, 3.05) is 26.3 Å². The van der Waals surface area contributed by atoms with Crippen molar-refractivity contribution in [2.45, 2.75) is 51.1 Å².